The topological polar surface area (TPSA) is 198 Å². The molecule has 0 aliphatic rings. The summed E-state index contributed by atoms with van der Waals surface area (Å²) in [5.74, 6) is -4.96. The fourth-order valence-corrected chi connectivity index (χ4v) is 9.09. The first-order chi connectivity index (χ1) is 17.4. The molecule has 0 bridgehead atoms. The van der Waals surface area contributed by atoms with E-state index in [-0.39, 0.29) is 82.4 Å². The molecule has 0 aliphatic carbocycles. The number of rotatable bonds is 24. The third kappa shape index (κ3) is 42.1. The number of carboxylic acids is 5. The van der Waals surface area contributed by atoms with Gasteiger partial charge in [-0.1, -0.05) is 0 Å². The summed E-state index contributed by atoms with van der Waals surface area (Å²) >= 11 is 0. The molecule has 0 atom stereocenters. The van der Waals surface area contributed by atoms with Gasteiger partial charge in [0.15, 0.2) is 0 Å². The van der Waals surface area contributed by atoms with E-state index in [9.17, 15) is 39.6 Å². The summed E-state index contributed by atoms with van der Waals surface area (Å²) in [5, 5.41) is 49.9. The Morgan fingerprint density at radius 1 is 0.462 bits per heavy atom. The molecule has 0 amide bonds. The van der Waals surface area contributed by atoms with Crippen molar-refractivity contribution >= 4 is 45.7 Å². The van der Waals surface area contributed by atoms with Gasteiger partial charge in [-0.15, -0.1) is 15.8 Å². The van der Waals surface area contributed by atoms with Crippen molar-refractivity contribution in [2.24, 2.45) is 0 Å². The van der Waals surface area contributed by atoms with Crippen LogP contribution in [0.25, 0.3) is 0 Å². The van der Waals surface area contributed by atoms with E-state index >= 15 is 0 Å². The summed E-state index contributed by atoms with van der Waals surface area (Å²) in [7, 11) is -0.581. The van der Waals surface area contributed by atoms with Crippen LogP contribution in [0.1, 0.15) is 90.4 Å². The van der Waals surface area contributed by atoms with Crippen LogP contribution in [0.2, 0.25) is 0 Å². The minimum absolute atomic E-state index is 0. The molecule has 0 saturated carbocycles. The smallest absolute Gasteiger partial charge is 0.550 e. The number of carbonyl (C=O) groups excluding carboxylic acids is 4. The largest absolute Gasteiger partial charge is 2.00 e. The zero-order valence-corrected chi connectivity index (χ0v) is 27.5. The minimum atomic E-state index is -1.03. The number of unbranched alkanes of at least 4 members (excludes halogenated alkanes) is 4. The van der Waals surface area contributed by atoms with Gasteiger partial charge in [0, 0.05) is 30.8 Å². The van der Waals surface area contributed by atoms with E-state index in [1.54, 1.807) is 0 Å². The first kappa shape index (κ1) is 45.5. The Morgan fingerprint density at radius 3 is 0.821 bits per heavy atom. The van der Waals surface area contributed by atoms with Gasteiger partial charge in [0.05, 0.1) is 0 Å². The maximum Gasteiger partial charge on any atom is 2.00 e. The van der Waals surface area contributed by atoms with E-state index in [0.717, 1.165) is 76.0 Å². The predicted octanol–water partition coefficient (Wildman–Crippen LogP) is 0.107. The molecule has 0 aliphatic heterocycles. The molecule has 10 nitrogen and oxygen atoms in total. The van der Waals surface area contributed by atoms with Gasteiger partial charge in [0.2, 0.25) is 0 Å². The summed E-state index contributed by atoms with van der Waals surface area (Å²) in [5.41, 5.74) is 0. The van der Waals surface area contributed by atoms with Crippen LogP contribution < -0.4 is 20.4 Å². The van der Waals surface area contributed by atoms with E-state index in [1.807, 2.05) is 0 Å². The average Bonchev–Trinajstić information content (AvgIpc) is 2.77. The molecule has 0 fully saturated rings. The second kappa shape index (κ2) is 32.1. The SMILES string of the molecule is CC(=O)O.O=C([O-])CCCCP(CCCCC(=O)[O-])CCCP(CCCCC(=O)[O-])CCCCC(=O)[O-].[Pd+2].[Pd+2]. The Labute approximate surface area is 262 Å². The molecule has 0 aromatic rings. The molecule has 0 unspecified atom stereocenters. The average molecular weight is 777 g/mol. The third-order valence-corrected chi connectivity index (χ3v) is 11.1. The summed E-state index contributed by atoms with van der Waals surface area (Å²) in [6.07, 6.45) is 13.1. The summed E-state index contributed by atoms with van der Waals surface area (Å²) in [6.45, 7) is 1.08. The molecule has 1 N–H and O–H groups in total. The molecule has 232 valence electrons. The van der Waals surface area contributed by atoms with Crippen molar-refractivity contribution in [2.45, 2.75) is 90.4 Å². The molecule has 0 aromatic carbocycles. The zero-order chi connectivity index (χ0) is 28.5. The van der Waals surface area contributed by atoms with Crippen molar-refractivity contribution in [1.29, 1.82) is 0 Å². The van der Waals surface area contributed by atoms with E-state index in [2.05, 4.69) is 0 Å². The van der Waals surface area contributed by atoms with Crippen molar-refractivity contribution in [2.75, 3.05) is 37.0 Å². The monoisotopic (exact) mass is 776 g/mol. The molecule has 39 heavy (non-hydrogen) atoms. The number of aliphatic carboxylic acids is 5. The van der Waals surface area contributed by atoms with Gasteiger partial charge in [0.25, 0.3) is 5.97 Å². The molecule has 0 radical (unpaired) electrons. The molecule has 0 saturated heterocycles. The summed E-state index contributed by atoms with van der Waals surface area (Å²) in [6, 6.07) is 0. The van der Waals surface area contributed by atoms with Gasteiger partial charge >= 0.3 is 40.8 Å². The number of carboxylic acid groups (broad SMARTS) is 5. The van der Waals surface area contributed by atoms with Crippen LogP contribution >= 0.6 is 15.8 Å². The fraction of sp³-hybridized carbons (Fsp3) is 0.800. The first-order valence-corrected chi connectivity index (χ1v) is 16.7. The third-order valence-electron chi connectivity index (χ3n) is 5.37. The Bertz CT molecular complexity index is 573. The zero-order valence-electron chi connectivity index (χ0n) is 22.6. The van der Waals surface area contributed by atoms with E-state index in [0.29, 0.717) is 25.7 Å². The van der Waals surface area contributed by atoms with Crippen molar-refractivity contribution in [3.8, 4) is 0 Å². The molecular formula is C25H42O10P2Pd2. The van der Waals surface area contributed by atoms with Crippen molar-refractivity contribution < 1.29 is 90.4 Å². The van der Waals surface area contributed by atoms with E-state index in [4.69, 9.17) is 9.90 Å². The molecule has 0 heterocycles. The van der Waals surface area contributed by atoms with Gasteiger partial charge in [-0.05, 0) is 120 Å². The van der Waals surface area contributed by atoms with Crippen LogP contribution in [0.3, 0.4) is 0 Å². The van der Waals surface area contributed by atoms with E-state index < -0.39 is 29.8 Å². The summed E-state index contributed by atoms with van der Waals surface area (Å²) < 4.78 is 0. The first-order valence-electron chi connectivity index (χ1n) is 12.9. The second-order valence-corrected chi connectivity index (χ2v) is 14.2. The van der Waals surface area contributed by atoms with Gasteiger partial charge < -0.3 is 44.7 Å². The van der Waals surface area contributed by atoms with Crippen molar-refractivity contribution in [3.05, 3.63) is 0 Å². The predicted molar refractivity (Wildman–Crippen MR) is 136 cm³/mol. The Kier molecular flexibility index (Phi) is 37.4. The van der Waals surface area contributed by atoms with E-state index in [1.165, 1.54) is 0 Å². The number of carbonyl (C=O) groups is 5. The molecule has 0 aromatic heterocycles. The van der Waals surface area contributed by atoms with Crippen LogP contribution in [0, 0.1) is 0 Å². The van der Waals surface area contributed by atoms with Gasteiger partial charge in [-0.2, -0.15) is 0 Å². The molecular weight excluding hydrogens is 735 g/mol. The maximum atomic E-state index is 10.6. The quantitative estimate of drug-likeness (QED) is 0.0798. The van der Waals surface area contributed by atoms with Crippen LogP contribution in [-0.2, 0) is 64.8 Å². The standard InChI is InChI=1S/C23H42O8P2.C2H4O2.2Pd/c24-20(25)10-1-5-14-32(15-6-2-11-21(26)27)18-9-19-33(16-7-3-12-22(28)29)17-8-4-13-23(30)31;1-2(3)4;;/h1-19H2,(H,24,25)(H,26,27)(H,28,29)(H,30,31);1H3,(H,3,4);;/q;;2*+2/p-4. The Hall–Kier alpha value is -0.465. The van der Waals surface area contributed by atoms with Crippen LogP contribution in [-0.4, -0.2) is 71.9 Å². The van der Waals surface area contributed by atoms with Crippen molar-refractivity contribution in [1.82, 2.24) is 0 Å². The number of hydrogen-bond acceptors (Lipinski definition) is 9. The molecule has 14 heteroatoms. The minimum Gasteiger partial charge on any atom is -0.550 e. The Morgan fingerprint density at radius 2 is 0.641 bits per heavy atom. The van der Waals surface area contributed by atoms with Crippen LogP contribution in [0.15, 0.2) is 0 Å². The fourth-order valence-electron chi connectivity index (χ4n) is 3.61. The number of hydrogen-bond donors (Lipinski definition) is 1. The van der Waals surface area contributed by atoms with Crippen molar-refractivity contribution in [3.63, 3.8) is 0 Å². The van der Waals surface area contributed by atoms with Gasteiger partial charge in [-0.3, -0.25) is 4.79 Å². The van der Waals surface area contributed by atoms with Gasteiger partial charge in [0.1, 0.15) is 0 Å². The normalized spacial score (nSPS) is 10.1. The second-order valence-electron chi connectivity index (χ2n) is 8.87. The molecule has 0 spiro atoms. The van der Waals surface area contributed by atoms with Crippen LogP contribution in [0.4, 0.5) is 0 Å². The molecule has 0 rings (SSSR count). The maximum absolute atomic E-state index is 10.6. The van der Waals surface area contributed by atoms with Gasteiger partial charge in [-0.25, -0.2) is 0 Å². The Balaban J connectivity index is -0.000000948. The summed E-state index contributed by atoms with van der Waals surface area (Å²) in [4.78, 5) is 51.5. The van der Waals surface area contributed by atoms with Crippen LogP contribution in [0.5, 0.6) is 0 Å².